The molecular weight excluding hydrogens is 210 g/mol. The lowest BCUT2D eigenvalue weighted by Crippen LogP contribution is -1.99. The number of hydrogen-bond acceptors (Lipinski definition) is 2. The minimum atomic E-state index is -0.424. The normalized spacial score (nSPS) is 8.56. The van der Waals surface area contributed by atoms with E-state index in [-0.39, 0.29) is 0 Å². The predicted octanol–water partition coefficient (Wildman–Crippen LogP) is 2.09. The van der Waals surface area contributed by atoms with Gasteiger partial charge in [0.2, 0.25) is 0 Å². The zero-order valence-corrected chi connectivity index (χ0v) is 8.54. The molecule has 0 bridgehead atoms. The zero-order valence-electron chi connectivity index (χ0n) is 4.73. The van der Waals surface area contributed by atoms with Crippen molar-refractivity contribution in [3.8, 4) is 0 Å². The van der Waals surface area contributed by atoms with Gasteiger partial charge >= 0.3 is 18.2 Å². The molecule has 0 saturated heterocycles. The highest BCUT2D eigenvalue weighted by Gasteiger charge is 2.01. The molecule has 9 heavy (non-hydrogen) atoms. The fourth-order valence-corrected chi connectivity index (χ4v) is 3.30. The van der Waals surface area contributed by atoms with E-state index in [1.165, 1.54) is 0 Å². The van der Waals surface area contributed by atoms with Crippen LogP contribution < -0.4 is 0 Å². The molecule has 0 aliphatic carbocycles. The average Bonchev–Trinajstić information content (AvgIpc) is 2.37. The Bertz CT molecular complexity index is 197. The van der Waals surface area contributed by atoms with Crippen LogP contribution in [0.1, 0.15) is 4.88 Å². The minimum absolute atomic E-state index is 0.424. The second kappa shape index (κ2) is 3.70. The molecule has 0 fully saturated rings. The lowest BCUT2D eigenvalue weighted by molar-refractivity contribution is 1.55. The van der Waals surface area contributed by atoms with Crippen LogP contribution in [0.25, 0.3) is 0 Å². The molecule has 0 aliphatic rings. The van der Waals surface area contributed by atoms with E-state index in [0.29, 0.717) is 0 Å². The van der Waals surface area contributed by atoms with Crippen LogP contribution in [-0.2, 0) is 0 Å². The summed E-state index contributed by atoms with van der Waals surface area (Å²) in [6.45, 7) is 0. The van der Waals surface area contributed by atoms with Crippen molar-refractivity contribution < 1.29 is 0 Å². The van der Waals surface area contributed by atoms with Crippen LogP contribution in [-0.4, -0.2) is 22.0 Å². The van der Waals surface area contributed by atoms with Gasteiger partial charge in [0.25, 0.3) is 0 Å². The van der Waals surface area contributed by atoms with Crippen molar-refractivity contribution in [3.63, 3.8) is 0 Å². The van der Waals surface area contributed by atoms with E-state index in [9.17, 15) is 0 Å². The summed E-state index contributed by atoms with van der Waals surface area (Å²) in [5.74, 6) is 0. The molecule has 0 radical (unpaired) electrons. The number of rotatable bonds is 2. The largest absolute Gasteiger partial charge is 0.536 e. The first-order valence-electron chi connectivity index (χ1n) is 2.52. The Morgan fingerprint density at radius 3 is 3.00 bits per heavy atom. The molecule has 0 amide bonds. The smallest absolute Gasteiger partial charge is 0.335 e. The molecule has 1 heterocycles. The van der Waals surface area contributed by atoms with Gasteiger partial charge < -0.3 is 5.41 Å². The van der Waals surface area contributed by atoms with E-state index in [1.54, 1.807) is 11.3 Å². The Kier molecular flexibility index (Phi) is 3.18. The molecule has 0 saturated carbocycles. The SMILES string of the molecule is N=[C]([Mg][Br])c1cccs1. The molecule has 1 nitrogen and oxygen atoms in total. The van der Waals surface area contributed by atoms with Gasteiger partial charge in [0.15, 0.2) is 0 Å². The molecular formula is C5H4BrMgNS. The lowest BCUT2D eigenvalue weighted by atomic mass is 10.5. The maximum Gasteiger partial charge on any atom is 0.536 e. The molecule has 1 N–H and O–H groups in total. The van der Waals surface area contributed by atoms with Crippen LogP contribution in [0.5, 0.6) is 0 Å². The maximum absolute atomic E-state index is 7.42. The summed E-state index contributed by atoms with van der Waals surface area (Å²) in [5.41, 5.74) is 0. The predicted molar refractivity (Wildman–Crippen MR) is 45.8 cm³/mol. The number of thiophene rings is 1. The third-order valence-corrected chi connectivity index (χ3v) is 4.47. The van der Waals surface area contributed by atoms with E-state index in [2.05, 4.69) is 12.9 Å². The van der Waals surface area contributed by atoms with Gasteiger partial charge in [0.1, 0.15) is 0 Å². The number of nitrogens with one attached hydrogen (secondary N) is 1. The van der Waals surface area contributed by atoms with Gasteiger partial charge in [-0.15, -0.1) is 11.3 Å². The van der Waals surface area contributed by atoms with Crippen molar-refractivity contribution in [2.24, 2.45) is 0 Å². The van der Waals surface area contributed by atoms with Gasteiger partial charge in [-0.2, -0.15) is 0 Å². The Morgan fingerprint density at radius 1 is 1.78 bits per heavy atom. The monoisotopic (exact) mass is 213 g/mol. The molecule has 4 heteroatoms. The standard InChI is InChI=1S/C5H4NS.BrH.Mg/c6-4-5-2-1-3-7-5;;/h1-3,6H;1H;/q;;+1/p-1. The summed E-state index contributed by atoms with van der Waals surface area (Å²) in [7, 11) is 0. The van der Waals surface area contributed by atoms with E-state index in [1.807, 2.05) is 17.5 Å². The number of hydrogen-bond donors (Lipinski definition) is 1. The third kappa shape index (κ3) is 2.03. The van der Waals surface area contributed by atoms with Crippen molar-refractivity contribution in [2.75, 3.05) is 0 Å². The van der Waals surface area contributed by atoms with Crippen molar-refractivity contribution in [1.29, 1.82) is 5.41 Å². The summed E-state index contributed by atoms with van der Waals surface area (Å²) >= 11 is 4.57. The number of halogens is 1. The third-order valence-electron chi connectivity index (χ3n) is 0.952. The van der Waals surface area contributed by atoms with Crippen LogP contribution in [0.2, 0.25) is 0 Å². The molecule has 44 valence electrons. The van der Waals surface area contributed by atoms with Crippen molar-refractivity contribution in [3.05, 3.63) is 22.4 Å². The van der Waals surface area contributed by atoms with Crippen LogP contribution >= 0.6 is 24.2 Å². The second-order valence-electron chi connectivity index (χ2n) is 1.59. The fourth-order valence-electron chi connectivity index (χ4n) is 0.516. The van der Waals surface area contributed by atoms with Gasteiger partial charge in [-0.1, -0.05) is 9.91 Å². The van der Waals surface area contributed by atoms with Crippen LogP contribution in [0.3, 0.4) is 0 Å². The molecule has 0 aromatic carbocycles. The summed E-state index contributed by atoms with van der Waals surface area (Å²) in [4.78, 5) is 1.11. The zero-order chi connectivity index (χ0) is 6.69. The van der Waals surface area contributed by atoms with Crippen LogP contribution in [0, 0.1) is 5.41 Å². The van der Waals surface area contributed by atoms with E-state index in [4.69, 9.17) is 5.41 Å². The second-order valence-corrected chi connectivity index (χ2v) is 5.19. The van der Waals surface area contributed by atoms with Crippen molar-refractivity contribution in [1.82, 2.24) is 0 Å². The molecule has 1 aromatic heterocycles. The molecule has 1 rings (SSSR count). The fraction of sp³-hybridized carbons (Fsp3) is 0. The highest BCUT2D eigenvalue weighted by Crippen LogP contribution is 2.08. The van der Waals surface area contributed by atoms with E-state index >= 15 is 0 Å². The summed E-state index contributed by atoms with van der Waals surface area (Å²) < 4.78 is 0.796. The van der Waals surface area contributed by atoms with Crippen molar-refractivity contribution >= 4 is 46.3 Å². The first-order valence-corrected chi connectivity index (χ1v) is 8.00. The summed E-state index contributed by atoms with van der Waals surface area (Å²) in [6.07, 6.45) is 0. The lowest BCUT2D eigenvalue weighted by Gasteiger charge is -1.89. The average molecular weight is 214 g/mol. The van der Waals surface area contributed by atoms with Gasteiger partial charge in [-0.3, -0.25) is 12.9 Å². The first kappa shape index (κ1) is 7.72. The van der Waals surface area contributed by atoms with E-state index < -0.39 is 18.2 Å². The topological polar surface area (TPSA) is 23.9 Å². The van der Waals surface area contributed by atoms with Gasteiger partial charge in [-0.05, 0) is 11.4 Å². The Morgan fingerprint density at radius 2 is 2.56 bits per heavy atom. The highest BCUT2D eigenvalue weighted by molar-refractivity contribution is 9.24. The van der Waals surface area contributed by atoms with Gasteiger partial charge in [0, 0.05) is 4.88 Å². The van der Waals surface area contributed by atoms with Gasteiger partial charge in [-0.25, -0.2) is 0 Å². The molecule has 0 spiro atoms. The van der Waals surface area contributed by atoms with Crippen LogP contribution in [0.15, 0.2) is 17.5 Å². The molecule has 0 aliphatic heterocycles. The first-order chi connectivity index (χ1) is 4.34. The van der Waals surface area contributed by atoms with Crippen molar-refractivity contribution in [2.45, 2.75) is 0 Å². The quantitative estimate of drug-likeness (QED) is 0.576. The highest BCUT2D eigenvalue weighted by atomic mass is 79.9. The minimum Gasteiger partial charge on any atom is -0.335 e. The van der Waals surface area contributed by atoms with Crippen LogP contribution in [0.4, 0.5) is 0 Å². The molecule has 1 aromatic rings. The Labute approximate surface area is 73.6 Å². The molecule has 0 atom stereocenters. The Hall–Kier alpha value is 0.616. The summed E-state index contributed by atoms with van der Waals surface area (Å²) in [6, 6.07) is 3.97. The Balaban J connectivity index is 2.77. The maximum atomic E-state index is 7.42. The summed E-state index contributed by atoms with van der Waals surface area (Å²) in [5, 5.41) is 9.42. The van der Waals surface area contributed by atoms with Gasteiger partial charge in [0.05, 0.1) is 0 Å². The van der Waals surface area contributed by atoms with E-state index in [0.717, 1.165) is 8.72 Å². The molecule has 0 unspecified atom stereocenters.